The normalized spacial score (nSPS) is 21.4. The molecule has 8 heteroatoms. The summed E-state index contributed by atoms with van der Waals surface area (Å²) in [6.07, 6.45) is 7.29. The number of rotatable bonds is 6. The van der Waals surface area contributed by atoms with E-state index in [9.17, 15) is 0 Å². The van der Waals surface area contributed by atoms with E-state index >= 15 is 0 Å². The topological polar surface area (TPSA) is 59.3 Å². The van der Waals surface area contributed by atoms with Crippen LogP contribution in [-0.2, 0) is 17.8 Å². The highest BCUT2D eigenvalue weighted by molar-refractivity contribution is 7.11. The summed E-state index contributed by atoms with van der Waals surface area (Å²) in [5.41, 5.74) is 0.0382. The molecule has 0 unspecified atom stereocenters. The van der Waals surface area contributed by atoms with Gasteiger partial charge in [-0.15, -0.1) is 21.5 Å². The van der Waals surface area contributed by atoms with Crippen molar-refractivity contribution in [3.63, 3.8) is 0 Å². The average Bonchev–Trinajstić information content (AvgIpc) is 3.29. The van der Waals surface area contributed by atoms with Crippen LogP contribution in [0.1, 0.15) is 29.3 Å². The Morgan fingerprint density at radius 1 is 1.15 bits per heavy atom. The molecule has 26 heavy (non-hydrogen) atoms. The molecule has 0 aliphatic carbocycles. The van der Waals surface area contributed by atoms with Crippen LogP contribution in [0.5, 0.6) is 0 Å². The maximum atomic E-state index is 6.28. The van der Waals surface area contributed by atoms with Crippen molar-refractivity contribution in [1.82, 2.24) is 29.8 Å². The number of morpholine rings is 1. The lowest BCUT2D eigenvalue weighted by molar-refractivity contribution is -0.137. The Bertz CT molecular complexity index is 680. The van der Waals surface area contributed by atoms with Crippen LogP contribution in [0, 0.1) is 6.92 Å². The second-order valence-electron chi connectivity index (χ2n) is 7.42. The molecule has 7 nitrogen and oxygen atoms in total. The third-order valence-electron chi connectivity index (χ3n) is 5.44. The molecule has 2 aliphatic rings. The van der Waals surface area contributed by atoms with Crippen LogP contribution in [0.3, 0.4) is 0 Å². The Balaban J connectivity index is 1.23. The van der Waals surface area contributed by atoms with E-state index in [1.54, 1.807) is 11.3 Å². The van der Waals surface area contributed by atoms with Crippen molar-refractivity contribution in [2.75, 3.05) is 39.3 Å². The molecule has 2 aliphatic heterocycles. The van der Waals surface area contributed by atoms with Crippen LogP contribution < -0.4 is 0 Å². The maximum Gasteiger partial charge on any atom is 0.131 e. The molecule has 0 saturated carbocycles. The van der Waals surface area contributed by atoms with E-state index in [0.29, 0.717) is 0 Å². The first-order chi connectivity index (χ1) is 12.7. The lowest BCUT2D eigenvalue weighted by atomic mass is 9.89. The van der Waals surface area contributed by atoms with Gasteiger partial charge in [0.2, 0.25) is 0 Å². The number of hydrogen-bond acceptors (Lipinski definition) is 7. The van der Waals surface area contributed by atoms with E-state index in [0.717, 1.165) is 81.7 Å². The first kappa shape index (κ1) is 18.0. The fourth-order valence-electron chi connectivity index (χ4n) is 4.03. The maximum absolute atomic E-state index is 6.28. The van der Waals surface area contributed by atoms with Crippen molar-refractivity contribution in [3.05, 3.63) is 28.5 Å². The lowest BCUT2D eigenvalue weighted by Crippen LogP contribution is -2.56. The summed E-state index contributed by atoms with van der Waals surface area (Å²) in [7, 11) is 0. The third kappa shape index (κ3) is 4.49. The first-order valence-corrected chi connectivity index (χ1v) is 10.4. The van der Waals surface area contributed by atoms with Crippen molar-refractivity contribution in [3.8, 4) is 0 Å². The van der Waals surface area contributed by atoms with Crippen LogP contribution in [0.15, 0.2) is 18.5 Å². The summed E-state index contributed by atoms with van der Waals surface area (Å²) in [6.45, 7) is 10.2. The van der Waals surface area contributed by atoms with Gasteiger partial charge in [-0.25, -0.2) is 0 Å². The smallest absolute Gasteiger partial charge is 0.131 e. The number of piperidine rings is 1. The van der Waals surface area contributed by atoms with Gasteiger partial charge in [0.1, 0.15) is 10.0 Å². The average molecular weight is 377 g/mol. The number of aryl methyl sites for hydroxylation is 2. The molecule has 0 radical (unpaired) electrons. The predicted molar refractivity (Wildman–Crippen MR) is 101 cm³/mol. The molecule has 0 N–H and O–H groups in total. The van der Waals surface area contributed by atoms with Crippen LogP contribution in [0.4, 0.5) is 0 Å². The molecule has 2 saturated heterocycles. The number of likely N-dealkylation sites (tertiary alicyclic amines) is 1. The molecule has 0 bridgehead atoms. The Morgan fingerprint density at radius 2 is 2.04 bits per heavy atom. The third-order valence-corrected chi connectivity index (χ3v) is 6.27. The molecule has 1 spiro atoms. The van der Waals surface area contributed by atoms with Gasteiger partial charge in [0.05, 0.1) is 18.8 Å². The van der Waals surface area contributed by atoms with Gasteiger partial charge in [-0.05, 0) is 38.8 Å². The minimum atomic E-state index is 0.0382. The number of hydrogen-bond donors (Lipinski definition) is 0. The zero-order valence-electron chi connectivity index (χ0n) is 15.5. The highest BCUT2D eigenvalue weighted by Gasteiger charge is 2.39. The Morgan fingerprint density at radius 3 is 2.77 bits per heavy atom. The van der Waals surface area contributed by atoms with Gasteiger partial charge in [-0.1, -0.05) is 0 Å². The largest absolute Gasteiger partial charge is 0.372 e. The number of nitrogens with zero attached hydrogens (tertiary/aromatic N) is 6. The Hall–Kier alpha value is -1.35. The molecule has 0 amide bonds. The first-order valence-electron chi connectivity index (χ1n) is 9.56. The van der Waals surface area contributed by atoms with Crippen LogP contribution in [-0.4, -0.2) is 74.7 Å². The van der Waals surface area contributed by atoms with E-state index in [1.807, 2.05) is 30.1 Å². The van der Waals surface area contributed by atoms with Crippen LogP contribution in [0.25, 0.3) is 0 Å². The lowest BCUT2D eigenvalue weighted by Gasteiger charge is -2.47. The van der Waals surface area contributed by atoms with Gasteiger partial charge in [0.25, 0.3) is 0 Å². The van der Waals surface area contributed by atoms with Gasteiger partial charge in [0.15, 0.2) is 0 Å². The van der Waals surface area contributed by atoms with Crippen LogP contribution in [0.2, 0.25) is 0 Å². The fraction of sp³-hybridized carbons (Fsp3) is 0.722. The van der Waals surface area contributed by atoms with Gasteiger partial charge >= 0.3 is 0 Å². The minimum absolute atomic E-state index is 0.0382. The van der Waals surface area contributed by atoms with E-state index in [2.05, 4.69) is 25.1 Å². The summed E-state index contributed by atoms with van der Waals surface area (Å²) < 4.78 is 8.29. The van der Waals surface area contributed by atoms with Gasteiger partial charge in [0, 0.05) is 45.1 Å². The van der Waals surface area contributed by atoms with E-state index < -0.39 is 0 Å². The van der Waals surface area contributed by atoms with Gasteiger partial charge in [-0.2, -0.15) is 5.10 Å². The van der Waals surface area contributed by atoms with Crippen molar-refractivity contribution < 1.29 is 4.74 Å². The number of aromatic nitrogens is 4. The summed E-state index contributed by atoms with van der Waals surface area (Å²) >= 11 is 1.70. The van der Waals surface area contributed by atoms with Crippen molar-refractivity contribution in [1.29, 1.82) is 0 Å². The quantitative estimate of drug-likeness (QED) is 0.766. The minimum Gasteiger partial charge on any atom is -0.372 e. The van der Waals surface area contributed by atoms with E-state index in [-0.39, 0.29) is 5.60 Å². The summed E-state index contributed by atoms with van der Waals surface area (Å²) in [5, 5.41) is 14.9. The Kier molecular flexibility index (Phi) is 5.63. The summed E-state index contributed by atoms with van der Waals surface area (Å²) in [4.78, 5) is 5.07. The van der Waals surface area contributed by atoms with Crippen molar-refractivity contribution in [2.24, 2.45) is 0 Å². The highest BCUT2D eigenvalue weighted by atomic mass is 32.1. The fourth-order valence-corrected chi connectivity index (χ4v) is 4.78. The summed E-state index contributed by atoms with van der Waals surface area (Å²) in [5.74, 6) is 0. The molecule has 2 fully saturated rings. The molecule has 142 valence electrons. The molecule has 4 rings (SSSR count). The highest BCUT2D eigenvalue weighted by Crippen LogP contribution is 2.31. The summed E-state index contributed by atoms with van der Waals surface area (Å²) in [6, 6.07) is 1.99. The molecule has 4 heterocycles. The molecule has 0 aromatic carbocycles. The van der Waals surface area contributed by atoms with Crippen LogP contribution >= 0.6 is 11.3 Å². The van der Waals surface area contributed by atoms with E-state index in [4.69, 9.17) is 4.74 Å². The van der Waals surface area contributed by atoms with Gasteiger partial charge in [-0.3, -0.25) is 9.58 Å². The zero-order chi connectivity index (χ0) is 17.8. The number of ether oxygens (including phenoxy) is 1. The van der Waals surface area contributed by atoms with E-state index in [1.165, 1.54) is 0 Å². The van der Waals surface area contributed by atoms with Gasteiger partial charge < -0.3 is 9.64 Å². The van der Waals surface area contributed by atoms with Crippen molar-refractivity contribution >= 4 is 11.3 Å². The zero-order valence-corrected chi connectivity index (χ0v) is 16.3. The SMILES string of the molecule is Cc1nnc(CN2CCOC3(CCN(CCCn4cccn4)CC3)C2)s1. The molecular weight excluding hydrogens is 348 g/mol. The molecule has 0 atom stereocenters. The molecular formula is C18H28N6OS. The molecule has 2 aromatic heterocycles. The Labute approximate surface area is 159 Å². The molecule has 2 aromatic rings. The van der Waals surface area contributed by atoms with Crippen molar-refractivity contribution in [2.45, 2.75) is 44.9 Å². The monoisotopic (exact) mass is 376 g/mol. The second-order valence-corrected chi connectivity index (χ2v) is 8.69. The second kappa shape index (κ2) is 8.12. The standard InChI is InChI=1S/C18H28N6OS/c1-16-20-21-17(26-16)14-23-12-13-25-18(15-23)4-10-22(11-5-18)7-3-9-24-8-2-6-19-24/h2,6,8H,3-5,7,9-15H2,1H3. The predicted octanol–water partition coefficient (Wildman–Crippen LogP) is 1.80.